The van der Waals surface area contributed by atoms with E-state index in [1.54, 1.807) is 43.4 Å². The van der Waals surface area contributed by atoms with Crippen molar-refractivity contribution in [2.75, 3.05) is 19.6 Å². The second-order valence-corrected chi connectivity index (χ2v) is 10.1. The Balaban J connectivity index is 1.50. The molecule has 38 heavy (non-hydrogen) atoms. The van der Waals surface area contributed by atoms with Crippen LogP contribution in [0.25, 0.3) is 0 Å². The minimum atomic E-state index is -1.25. The van der Waals surface area contributed by atoms with Crippen molar-refractivity contribution in [1.82, 2.24) is 15.1 Å². The molecule has 6 radical (unpaired) electrons. The number of hydrogen-bond donors (Lipinski definition) is 1. The summed E-state index contributed by atoms with van der Waals surface area (Å²) in [5, 5.41) is 1.41. The number of carbonyl (C=O) groups excluding carboxylic acids is 2. The maximum absolute atomic E-state index is 15.1. The summed E-state index contributed by atoms with van der Waals surface area (Å²) in [5.41, 5.74) is 0.327. The summed E-state index contributed by atoms with van der Waals surface area (Å²) in [5.74, 6) is -0.497. The number of piperidine rings is 2. The predicted molar refractivity (Wildman–Crippen MR) is 147 cm³/mol. The molecule has 0 spiro atoms. The van der Waals surface area contributed by atoms with Gasteiger partial charge in [-0.2, -0.15) is 0 Å². The lowest BCUT2D eigenvalue weighted by atomic mass is 9.56. The molecule has 0 saturated carbocycles. The number of carbonyl (C=O) groups is 2. The highest BCUT2D eigenvalue weighted by Crippen LogP contribution is 2.31. The summed E-state index contributed by atoms with van der Waals surface area (Å²) in [6, 6.07) is 4.73. The Hall–Kier alpha value is -3.00. The van der Waals surface area contributed by atoms with Crippen LogP contribution in [-0.2, 0) is 26.3 Å². The fourth-order valence-corrected chi connectivity index (χ4v) is 4.97. The summed E-state index contributed by atoms with van der Waals surface area (Å²) < 4.78 is 21.0. The number of nitrogens with zero attached hydrogens (tertiary/aromatic N) is 2. The van der Waals surface area contributed by atoms with Gasteiger partial charge in [-0.25, -0.2) is 4.39 Å². The van der Waals surface area contributed by atoms with Gasteiger partial charge < -0.3 is 19.9 Å². The van der Waals surface area contributed by atoms with Crippen LogP contribution < -0.4 is 5.32 Å². The first-order valence-electron chi connectivity index (χ1n) is 12.9. The van der Waals surface area contributed by atoms with E-state index in [2.05, 4.69) is 11.9 Å². The van der Waals surface area contributed by atoms with Gasteiger partial charge in [-0.05, 0) is 68.4 Å². The van der Waals surface area contributed by atoms with Crippen molar-refractivity contribution < 1.29 is 18.7 Å². The summed E-state index contributed by atoms with van der Waals surface area (Å²) in [4.78, 5) is 28.4. The Labute approximate surface area is 228 Å². The van der Waals surface area contributed by atoms with Gasteiger partial charge in [0.25, 0.3) is 0 Å². The molecule has 3 aliphatic heterocycles. The van der Waals surface area contributed by atoms with Gasteiger partial charge in [0.1, 0.15) is 26.0 Å². The zero-order valence-corrected chi connectivity index (χ0v) is 21.8. The molecule has 1 aromatic carbocycles. The van der Waals surface area contributed by atoms with E-state index in [1.165, 1.54) is 11.0 Å². The number of likely N-dealkylation sites (tertiary alicyclic amines) is 1. The van der Waals surface area contributed by atoms with Gasteiger partial charge in [0.15, 0.2) is 0 Å². The molecule has 4 rings (SSSR count). The third kappa shape index (κ3) is 5.85. The van der Waals surface area contributed by atoms with E-state index in [4.69, 9.17) is 28.3 Å². The minimum Gasteiger partial charge on any atom is -0.489 e. The quantitative estimate of drug-likeness (QED) is 0.600. The first-order chi connectivity index (χ1) is 18.0. The Morgan fingerprint density at radius 1 is 1.21 bits per heavy atom. The molecule has 10 heteroatoms. The lowest BCUT2D eigenvalue weighted by Crippen LogP contribution is -2.59. The first-order valence-corrected chi connectivity index (χ1v) is 12.9. The molecule has 3 heterocycles. The molecule has 2 amide bonds. The van der Waals surface area contributed by atoms with Gasteiger partial charge in [-0.3, -0.25) is 9.59 Å². The van der Waals surface area contributed by atoms with Crippen LogP contribution in [-0.4, -0.2) is 70.2 Å². The van der Waals surface area contributed by atoms with Gasteiger partial charge in [0, 0.05) is 35.2 Å². The number of ether oxygens (including phenoxy) is 1. The highest BCUT2D eigenvalue weighted by molar-refractivity contribution is 6.39. The van der Waals surface area contributed by atoms with Gasteiger partial charge >= 0.3 is 0 Å². The zero-order chi connectivity index (χ0) is 27.5. The van der Waals surface area contributed by atoms with Crippen molar-refractivity contribution in [3.8, 4) is 0 Å². The topological polar surface area (TPSA) is 61.9 Å². The number of allylic oxidation sites excluding steroid dienone is 3. The van der Waals surface area contributed by atoms with Crippen LogP contribution in [0.5, 0.6) is 0 Å². The average Bonchev–Trinajstić information content (AvgIpc) is 2.96. The van der Waals surface area contributed by atoms with Crippen LogP contribution in [0, 0.1) is 5.82 Å². The van der Waals surface area contributed by atoms with E-state index in [9.17, 15) is 9.59 Å². The second-order valence-electron chi connectivity index (χ2n) is 10.1. The Bertz CT molecular complexity index is 1210. The smallest absolute Gasteiger partial charge is 0.249 e. The highest BCUT2D eigenvalue weighted by Gasteiger charge is 2.41. The Morgan fingerprint density at radius 3 is 2.63 bits per heavy atom. The van der Waals surface area contributed by atoms with Crippen molar-refractivity contribution >= 4 is 35.4 Å². The molecule has 0 aliphatic carbocycles. The molecule has 1 aromatic rings. The van der Waals surface area contributed by atoms with Crippen molar-refractivity contribution in [3.63, 3.8) is 0 Å². The molecule has 0 aromatic heterocycles. The molecule has 1 unspecified atom stereocenters. The summed E-state index contributed by atoms with van der Waals surface area (Å²) >= 11 is 0. The van der Waals surface area contributed by atoms with Crippen LogP contribution in [0.3, 0.4) is 0 Å². The lowest BCUT2D eigenvalue weighted by Gasteiger charge is -2.45. The van der Waals surface area contributed by atoms with Crippen molar-refractivity contribution in [2.45, 2.75) is 56.4 Å². The summed E-state index contributed by atoms with van der Waals surface area (Å²) in [7, 11) is 19.4. The molecule has 0 bridgehead atoms. The van der Waals surface area contributed by atoms with Crippen LogP contribution in [0.4, 0.5) is 4.39 Å². The summed E-state index contributed by atoms with van der Waals surface area (Å²) in [6.07, 6.45) is 10.3. The second kappa shape index (κ2) is 11.4. The van der Waals surface area contributed by atoms with Crippen molar-refractivity contribution in [2.24, 2.45) is 0 Å². The first kappa shape index (κ1) is 28.0. The molecule has 1 atom stereocenters. The standard InChI is InChI=1S/C28H31B3FN3O3/c1-19-7-6-8-23(12-16-35(26(19)37)27(29)13-11-25(36)33-20(27)2)38-18-21-9-10-22(17-24(21)32)28(30,31)34-14-4-3-5-15-34/h6-10,12,17H,2-5,11,13-16,18H2,1H3,(H,33,36)/b8-6-,19-7+,23-12-. The number of nitrogens with one attached hydrogen (secondary N) is 1. The van der Waals surface area contributed by atoms with E-state index in [0.717, 1.165) is 32.4 Å². The lowest BCUT2D eigenvalue weighted by molar-refractivity contribution is -0.132. The molecule has 2 saturated heterocycles. The van der Waals surface area contributed by atoms with Crippen LogP contribution in [0.1, 0.15) is 50.2 Å². The van der Waals surface area contributed by atoms with Crippen LogP contribution in [0.15, 0.2) is 66.1 Å². The fourth-order valence-electron chi connectivity index (χ4n) is 4.97. The van der Waals surface area contributed by atoms with Gasteiger partial charge in [-0.15, -0.1) is 0 Å². The third-order valence-corrected chi connectivity index (χ3v) is 7.48. The predicted octanol–water partition coefficient (Wildman–Crippen LogP) is 2.79. The maximum atomic E-state index is 15.1. The van der Waals surface area contributed by atoms with Gasteiger partial charge in [0.2, 0.25) is 11.8 Å². The molecule has 3 aliphatic rings. The molecule has 1 N–H and O–H groups in total. The Kier molecular flexibility index (Phi) is 8.41. The minimum absolute atomic E-state index is 0.0404. The number of halogens is 1. The molecule has 6 nitrogen and oxygen atoms in total. The fraction of sp³-hybridized carbons (Fsp3) is 0.429. The Morgan fingerprint density at radius 2 is 1.95 bits per heavy atom. The monoisotopic (exact) mass is 509 g/mol. The van der Waals surface area contributed by atoms with Gasteiger partial charge in [-0.1, -0.05) is 37.3 Å². The molecular formula is C28H31B3FN3O3. The van der Waals surface area contributed by atoms with E-state index >= 15 is 4.39 Å². The van der Waals surface area contributed by atoms with E-state index in [1.807, 2.05) is 4.90 Å². The molecule has 192 valence electrons. The van der Waals surface area contributed by atoms with E-state index in [0.29, 0.717) is 22.5 Å². The number of benzene rings is 1. The normalized spacial score (nSPS) is 27.2. The largest absolute Gasteiger partial charge is 0.489 e. The van der Waals surface area contributed by atoms with Crippen molar-refractivity contribution in [3.05, 3.63) is 83.1 Å². The SMILES string of the molecule is [B]C1(N2C/C=C(OCc3ccc(C([B])([B])N4CCCCC4)cc3F)/C=C\C=C(/C)C2=O)CCC(=O)NC1=C. The van der Waals surface area contributed by atoms with Crippen LogP contribution >= 0.6 is 0 Å². The number of amides is 2. The highest BCUT2D eigenvalue weighted by atomic mass is 19.1. The van der Waals surface area contributed by atoms with E-state index < -0.39 is 16.6 Å². The number of rotatable bonds is 6. The van der Waals surface area contributed by atoms with Crippen LogP contribution in [0.2, 0.25) is 0 Å². The van der Waals surface area contributed by atoms with Gasteiger partial charge in [0.05, 0.1) is 15.7 Å². The number of hydrogen-bond acceptors (Lipinski definition) is 4. The van der Waals surface area contributed by atoms with E-state index in [-0.39, 0.29) is 43.5 Å². The zero-order valence-electron chi connectivity index (χ0n) is 21.8. The molecular weight excluding hydrogens is 478 g/mol. The summed E-state index contributed by atoms with van der Waals surface area (Å²) in [6.45, 7) is 7.19. The molecule has 2 fully saturated rings. The average molecular weight is 509 g/mol. The maximum Gasteiger partial charge on any atom is 0.249 e. The van der Waals surface area contributed by atoms with Crippen molar-refractivity contribution in [1.29, 1.82) is 0 Å². The third-order valence-electron chi connectivity index (χ3n) is 7.48.